The molecule has 0 unspecified atom stereocenters. The predicted octanol–water partition coefficient (Wildman–Crippen LogP) is 3.08. The van der Waals surface area contributed by atoms with Gasteiger partial charge < -0.3 is 4.74 Å². The first-order valence-electron chi connectivity index (χ1n) is 5.68. The van der Waals surface area contributed by atoms with Crippen LogP contribution in [0.25, 0.3) is 10.1 Å². The lowest BCUT2D eigenvalue weighted by atomic mass is 10.2. The largest absolute Gasteiger partial charge is 0.361 e. The van der Waals surface area contributed by atoms with Crippen molar-refractivity contribution in [1.82, 2.24) is 4.90 Å². The van der Waals surface area contributed by atoms with E-state index < -0.39 is 0 Å². The van der Waals surface area contributed by atoms with Crippen molar-refractivity contribution in [2.24, 2.45) is 0 Å². The van der Waals surface area contributed by atoms with E-state index in [4.69, 9.17) is 4.74 Å². The average Bonchev–Trinajstić information content (AvgIpc) is 2.68. The molecule has 0 bridgehead atoms. The molecule has 16 heavy (non-hydrogen) atoms. The summed E-state index contributed by atoms with van der Waals surface area (Å²) >= 11 is 1.79. The Morgan fingerprint density at radius 3 is 3.00 bits per heavy atom. The highest BCUT2D eigenvalue weighted by Crippen LogP contribution is 2.22. The molecule has 1 aliphatic heterocycles. The van der Waals surface area contributed by atoms with Gasteiger partial charge in [0.2, 0.25) is 0 Å². The predicted molar refractivity (Wildman–Crippen MR) is 67.7 cm³/mol. The summed E-state index contributed by atoms with van der Waals surface area (Å²) in [4.78, 5) is 2.32. The SMILES string of the molecule is c1cc2cc(COCN3CCC3)ccc2s1. The second kappa shape index (κ2) is 4.53. The van der Waals surface area contributed by atoms with Gasteiger partial charge in [-0.25, -0.2) is 0 Å². The van der Waals surface area contributed by atoms with Crippen LogP contribution in [0, 0.1) is 0 Å². The third-order valence-electron chi connectivity index (χ3n) is 3.01. The van der Waals surface area contributed by atoms with Gasteiger partial charge in [-0.2, -0.15) is 0 Å². The Balaban J connectivity index is 1.60. The third-order valence-corrected chi connectivity index (χ3v) is 3.91. The molecule has 1 saturated heterocycles. The number of likely N-dealkylation sites (tertiary alicyclic amines) is 1. The second-order valence-corrected chi connectivity index (χ2v) is 5.19. The molecule has 1 aromatic heterocycles. The summed E-state index contributed by atoms with van der Waals surface area (Å²) in [6.45, 7) is 3.90. The molecule has 0 radical (unpaired) electrons. The summed E-state index contributed by atoms with van der Waals surface area (Å²) in [6.07, 6.45) is 1.32. The maximum Gasteiger partial charge on any atom is 0.0994 e. The number of rotatable bonds is 4. The molecule has 0 saturated carbocycles. The lowest BCUT2D eigenvalue weighted by Crippen LogP contribution is -2.38. The summed E-state index contributed by atoms with van der Waals surface area (Å²) in [7, 11) is 0. The maximum atomic E-state index is 5.68. The summed E-state index contributed by atoms with van der Waals surface area (Å²) in [5.74, 6) is 0. The van der Waals surface area contributed by atoms with Crippen LogP contribution in [0.15, 0.2) is 29.6 Å². The molecule has 0 spiro atoms. The fourth-order valence-corrected chi connectivity index (χ4v) is 2.68. The quantitative estimate of drug-likeness (QED) is 0.804. The fourth-order valence-electron chi connectivity index (χ4n) is 1.91. The van der Waals surface area contributed by atoms with Crippen molar-refractivity contribution in [3.63, 3.8) is 0 Å². The first-order valence-corrected chi connectivity index (χ1v) is 6.56. The Kier molecular flexibility index (Phi) is 2.91. The molecule has 0 N–H and O–H groups in total. The van der Waals surface area contributed by atoms with Crippen LogP contribution in [-0.4, -0.2) is 24.7 Å². The van der Waals surface area contributed by atoms with Crippen molar-refractivity contribution < 1.29 is 4.74 Å². The number of nitrogens with zero attached hydrogens (tertiary/aromatic N) is 1. The minimum atomic E-state index is 0.724. The number of fused-ring (bicyclic) bond motifs is 1. The molecule has 1 aromatic carbocycles. The van der Waals surface area contributed by atoms with Crippen LogP contribution in [0.2, 0.25) is 0 Å². The highest BCUT2D eigenvalue weighted by atomic mass is 32.1. The van der Waals surface area contributed by atoms with Crippen molar-refractivity contribution in [2.75, 3.05) is 19.8 Å². The van der Waals surface area contributed by atoms with Gasteiger partial charge in [-0.05, 0) is 40.9 Å². The molecule has 0 amide bonds. The normalized spacial score (nSPS) is 16.5. The maximum absolute atomic E-state index is 5.68. The molecular weight excluding hydrogens is 218 g/mol. The van der Waals surface area contributed by atoms with E-state index in [2.05, 4.69) is 34.5 Å². The minimum Gasteiger partial charge on any atom is -0.361 e. The van der Waals surface area contributed by atoms with E-state index in [1.54, 1.807) is 11.3 Å². The van der Waals surface area contributed by atoms with Crippen molar-refractivity contribution >= 4 is 21.4 Å². The monoisotopic (exact) mass is 233 g/mol. The van der Waals surface area contributed by atoms with Crippen LogP contribution < -0.4 is 0 Å². The first-order chi connectivity index (χ1) is 7.92. The molecule has 0 atom stereocenters. The highest BCUT2D eigenvalue weighted by Gasteiger charge is 2.12. The zero-order valence-corrected chi connectivity index (χ0v) is 10.0. The molecule has 2 heterocycles. The van der Waals surface area contributed by atoms with E-state index in [-0.39, 0.29) is 0 Å². The van der Waals surface area contributed by atoms with Crippen molar-refractivity contribution in [1.29, 1.82) is 0 Å². The highest BCUT2D eigenvalue weighted by molar-refractivity contribution is 7.17. The average molecular weight is 233 g/mol. The summed E-state index contributed by atoms with van der Waals surface area (Å²) in [5.41, 5.74) is 1.27. The number of hydrogen-bond donors (Lipinski definition) is 0. The topological polar surface area (TPSA) is 12.5 Å². The lowest BCUT2D eigenvalue weighted by Gasteiger charge is -2.30. The van der Waals surface area contributed by atoms with Crippen LogP contribution in [0.1, 0.15) is 12.0 Å². The van der Waals surface area contributed by atoms with Gasteiger partial charge >= 0.3 is 0 Å². The van der Waals surface area contributed by atoms with Crippen LogP contribution in [0.5, 0.6) is 0 Å². The molecule has 2 nitrogen and oxygen atoms in total. The van der Waals surface area contributed by atoms with Crippen molar-refractivity contribution in [3.8, 4) is 0 Å². The first kappa shape index (κ1) is 10.3. The van der Waals surface area contributed by atoms with Gasteiger partial charge in [-0.15, -0.1) is 11.3 Å². The minimum absolute atomic E-state index is 0.724. The summed E-state index contributed by atoms with van der Waals surface area (Å²) in [6, 6.07) is 8.73. The molecule has 84 valence electrons. The Hall–Kier alpha value is -0.900. The van der Waals surface area contributed by atoms with Gasteiger partial charge in [0.1, 0.15) is 0 Å². The number of ether oxygens (including phenoxy) is 1. The van der Waals surface area contributed by atoms with Crippen LogP contribution in [-0.2, 0) is 11.3 Å². The van der Waals surface area contributed by atoms with E-state index in [1.807, 2.05) is 0 Å². The Morgan fingerprint density at radius 2 is 2.19 bits per heavy atom. The number of thiophene rings is 1. The zero-order valence-electron chi connectivity index (χ0n) is 9.19. The van der Waals surface area contributed by atoms with Gasteiger partial charge in [-0.1, -0.05) is 6.07 Å². The van der Waals surface area contributed by atoms with Crippen molar-refractivity contribution in [2.45, 2.75) is 13.0 Å². The number of benzene rings is 1. The Bertz CT molecular complexity index is 475. The zero-order chi connectivity index (χ0) is 10.8. The summed E-state index contributed by atoms with van der Waals surface area (Å²) < 4.78 is 7.03. The van der Waals surface area contributed by atoms with E-state index >= 15 is 0 Å². The standard InChI is InChI=1S/C13H15NOS/c1-5-14(6-1)10-15-9-11-2-3-13-12(8-11)4-7-16-13/h2-4,7-8H,1,5-6,9-10H2. The Morgan fingerprint density at radius 1 is 1.25 bits per heavy atom. The molecule has 1 fully saturated rings. The molecule has 0 aliphatic carbocycles. The van der Waals surface area contributed by atoms with Crippen LogP contribution in [0.4, 0.5) is 0 Å². The molecular formula is C13H15NOS. The van der Waals surface area contributed by atoms with Gasteiger partial charge in [0.15, 0.2) is 0 Å². The fraction of sp³-hybridized carbons (Fsp3) is 0.385. The van der Waals surface area contributed by atoms with E-state index in [9.17, 15) is 0 Å². The van der Waals surface area contributed by atoms with Crippen LogP contribution in [0.3, 0.4) is 0 Å². The van der Waals surface area contributed by atoms with Gasteiger partial charge in [0, 0.05) is 17.8 Å². The molecule has 1 aliphatic rings. The van der Waals surface area contributed by atoms with Gasteiger partial charge in [0.25, 0.3) is 0 Å². The smallest absolute Gasteiger partial charge is 0.0994 e. The molecule has 2 aromatic rings. The third kappa shape index (κ3) is 2.12. The summed E-state index contributed by atoms with van der Waals surface area (Å²) in [5, 5.41) is 3.46. The molecule has 3 heteroatoms. The van der Waals surface area contributed by atoms with E-state index in [1.165, 1.54) is 35.2 Å². The Labute approximate surface area is 99.4 Å². The lowest BCUT2D eigenvalue weighted by molar-refractivity contribution is -0.0110. The van der Waals surface area contributed by atoms with Gasteiger partial charge in [0.05, 0.1) is 13.3 Å². The van der Waals surface area contributed by atoms with E-state index in [0.717, 1.165) is 13.3 Å². The van der Waals surface area contributed by atoms with E-state index in [0.29, 0.717) is 0 Å². The van der Waals surface area contributed by atoms with Gasteiger partial charge in [-0.3, -0.25) is 4.90 Å². The molecule has 3 rings (SSSR count). The number of hydrogen-bond acceptors (Lipinski definition) is 3. The van der Waals surface area contributed by atoms with Crippen LogP contribution >= 0.6 is 11.3 Å². The second-order valence-electron chi connectivity index (χ2n) is 4.24. The van der Waals surface area contributed by atoms with Crippen molar-refractivity contribution in [3.05, 3.63) is 35.2 Å².